The largest absolute Gasteiger partial charge is 0.480 e. The maximum absolute atomic E-state index is 14.4. The van der Waals surface area contributed by atoms with Crippen LogP contribution in [0.5, 0.6) is 0 Å². The summed E-state index contributed by atoms with van der Waals surface area (Å²) in [6, 6.07) is 32.1. The van der Waals surface area contributed by atoms with Gasteiger partial charge in [-0.25, -0.2) is 14.4 Å². The first-order chi connectivity index (χ1) is 27.7. The van der Waals surface area contributed by atoms with Gasteiger partial charge in [0.25, 0.3) is 5.91 Å². The minimum absolute atomic E-state index is 0.0237. The van der Waals surface area contributed by atoms with E-state index in [9.17, 15) is 33.9 Å². The first kappa shape index (κ1) is 41.7. The molecule has 13 nitrogen and oxygen atoms in total. The molecule has 3 N–H and O–H groups in total. The van der Waals surface area contributed by atoms with Crippen LogP contribution in [-0.4, -0.2) is 88.4 Å². The van der Waals surface area contributed by atoms with Crippen LogP contribution in [0.2, 0.25) is 0 Å². The highest BCUT2D eigenvalue weighted by molar-refractivity contribution is 5.99. The van der Waals surface area contributed by atoms with Crippen LogP contribution in [0.1, 0.15) is 59.2 Å². The first-order valence-corrected chi connectivity index (χ1v) is 19.1. The second kappa shape index (κ2) is 21.6. The Labute approximate surface area is 332 Å². The second-order valence-corrected chi connectivity index (χ2v) is 13.7. The van der Waals surface area contributed by atoms with Gasteiger partial charge in [0.15, 0.2) is 5.78 Å². The number of carbonyl (C=O) groups is 6. The highest BCUT2D eigenvalue weighted by Gasteiger charge is 2.42. The molecular weight excluding hydrogens is 729 g/mol. The lowest BCUT2D eigenvalue weighted by molar-refractivity contribution is -0.150. The molecule has 0 saturated carbocycles. The van der Waals surface area contributed by atoms with E-state index in [1.807, 2.05) is 66.7 Å². The highest BCUT2D eigenvalue weighted by atomic mass is 16.6. The fourth-order valence-electron chi connectivity index (χ4n) is 6.63. The summed E-state index contributed by atoms with van der Waals surface area (Å²) in [6.07, 6.45) is -0.0814. The minimum atomic E-state index is -1.30. The molecule has 0 spiro atoms. The average Bonchev–Trinajstić information content (AvgIpc) is 3.74. The molecule has 0 aliphatic carbocycles. The van der Waals surface area contributed by atoms with Crippen molar-refractivity contribution in [2.75, 3.05) is 19.6 Å². The van der Waals surface area contributed by atoms with Gasteiger partial charge in [0.05, 0.1) is 12.6 Å². The number of nitrogens with zero attached hydrogens (tertiary/aromatic N) is 2. The van der Waals surface area contributed by atoms with Crippen molar-refractivity contribution >= 4 is 35.8 Å². The Morgan fingerprint density at radius 3 is 1.89 bits per heavy atom. The number of Topliss-reactive ketones (excluding diaryl/α,β-unsaturated/α-hetero) is 1. The molecule has 0 radical (unpaired) electrons. The van der Waals surface area contributed by atoms with Gasteiger partial charge < -0.3 is 30.1 Å². The smallest absolute Gasteiger partial charge is 0.411 e. The van der Waals surface area contributed by atoms with E-state index < -0.39 is 60.4 Å². The highest BCUT2D eigenvalue weighted by Crippen LogP contribution is 2.23. The summed E-state index contributed by atoms with van der Waals surface area (Å²) in [7, 11) is 0. The van der Waals surface area contributed by atoms with Crippen LogP contribution in [0.15, 0.2) is 121 Å². The van der Waals surface area contributed by atoms with Crippen molar-refractivity contribution in [3.8, 4) is 0 Å². The fraction of sp³-hybridized carbons (Fsp3) is 0.318. The number of alkyl carbamates (subject to hydrolysis) is 1. The minimum Gasteiger partial charge on any atom is -0.480 e. The number of aliphatic carboxylic acids is 1. The van der Waals surface area contributed by atoms with Crippen molar-refractivity contribution < 1.29 is 43.3 Å². The summed E-state index contributed by atoms with van der Waals surface area (Å²) in [6.45, 7) is -0.328. The molecule has 1 fully saturated rings. The number of carboxylic acid groups (broad SMARTS) is 1. The number of amides is 4. The number of carbonyl (C=O) groups excluding carboxylic acids is 5. The number of ether oxygens (including phenoxy) is 2. The summed E-state index contributed by atoms with van der Waals surface area (Å²) in [5, 5.41) is 15.5. The van der Waals surface area contributed by atoms with E-state index in [2.05, 4.69) is 10.6 Å². The molecular formula is C44H48N4O9. The molecule has 1 unspecified atom stereocenters. The van der Waals surface area contributed by atoms with E-state index in [1.54, 1.807) is 54.6 Å². The zero-order chi connectivity index (χ0) is 40.4. The van der Waals surface area contributed by atoms with Crippen LogP contribution in [0, 0.1) is 0 Å². The summed E-state index contributed by atoms with van der Waals surface area (Å²) in [5.74, 6) is -2.85. The predicted molar refractivity (Wildman–Crippen MR) is 211 cm³/mol. The lowest BCUT2D eigenvalue weighted by Crippen LogP contribution is -2.56. The number of rotatable bonds is 19. The van der Waals surface area contributed by atoms with Crippen LogP contribution in [0.3, 0.4) is 0 Å². The van der Waals surface area contributed by atoms with Gasteiger partial charge in [-0.3, -0.25) is 19.3 Å². The van der Waals surface area contributed by atoms with Crippen molar-refractivity contribution in [3.63, 3.8) is 0 Å². The van der Waals surface area contributed by atoms with Gasteiger partial charge in [0, 0.05) is 18.7 Å². The molecule has 57 heavy (non-hydrogen) atoms. The normalized spacial score (nSPS) is 14.5. The maximum atomic E-state index is 14.4. The molecule has 1 saturated heterocycles. The number of nitrogens with one attached hydrogen (secondary N) is 2. The first-order valence-electron chi connectivity index (χ1n) is 19.1. The Kier molecular flexibility index (Phi) is 15.8. The predicted octanol–water partition coefficient (Wildman–Crippen LogP) is 5.78. The molecule has 3 atom stereocenters. The summed E-state index contributed by atoms with van der Waals surface area (Å²) in [4.78, 5) is 83.2. The number of ketones is 1. The Hall–Kier alpha value is -6.50. The lowest BCUT2D eigenvalue weighted by atomic mass is 10.00. The van der Waals surface area contributed by atoms with Gasteiger partial charge in [0.1, 0.15) is 25.3 Å². The third-order valence-electron chi connectivity index (χ3n) is 9.65. The van der Waals surface area contributed by atoms with Crippen molar-refractivity contribution in [1.29, 1.82) is 0 Å². The zero-order valence-electron chi connectivity index (χ0n) is 31.7. The van der Waals surface area contributed by atoms with Crippen molar-refractivity contribution in [2.24, 2.45) is 0 Å². The molecule has 4 aromatic rings. The molecule has 5 rings (SSSR count). The van der Waals surface area contributed by atoms with Crippen molar-refractivity contribution in [1.82, 2.24) is 20.4 Å². The van der Waals surface area contributed by atoms with Gasteiger partial charge in [0.2, 0.25) is 5.91 Å². The molecule has 4 amide bonds. The van der Waals surface area contributed by atoms with E-state index in [4.69, 9.17) is 9.47 Å². The van der Waals surface area contributed by atoms with Gasteiger partial charge in [-0.05, 0) is 67.3 Å². The van der Waals surface area contributed by atoms with E-state index in [0.717, 1.165) is 16.0 Å². The van der Waals surface area contributed by atoms with Gasteiger partial charge in [-0.1, -0.05) is 109 Å². The van der Waals surface area contributed by atoms with Crippen molar-refractivity contribution in [2.45, 2.75) is 69.9 Å². The fourth-order valence-corrected chi connectivity index (χ4v) is 6.63. The summed E-state index contributed by atoms with van der Waals surface area (Å²) >= 11 is 0. The van der Waals surface area contributed by atoms with E-state index in [0.29, 0.717) is 30.4 Å². The summed E-state index contributed by atoms with van der Waals surface area (Å²) in [5.41, 5.74) is 2.59. The molecule has 1 heterocycles. The van der Waals surface area contributed by atoms with E-state index in [1.165, 1.54) is 4.90 Å². The monoisotopic (exact) mass is 776 g/mol. The molecule has 0 aromatic heterocycles. The third kappa shape index (κ3) is 12.8. The standard InChI is InChI=1S/C44H48N4O9/c49-39(36(28-32-16-5-1-6-17-32)46-40(50)35-22-11-4-12-23-35)29-48(44(55)57-31-34-20-9-3-10-21-34)37(41(51)47-27-15-25-38(47)42(52)53)24-13-14-26-45-43(54)56-30-33-18-7-2-8-19-33/h1-12,16-23,36-38H,13-15,24-31H2,(H,45,54)(H,46,50)(H,52,53)/t36?,37-,38-/m0/s1. The number of carboxylic acids is 1. The van der Waals surface area contributed by atoms with Gasteiger partial charge in [-0.2, -0.15) is 0 Å². The summed E-state index contributed by atoms with van der Waals surface area (Å²) < 4.78 is 11.0. The quantitative estimate of drug-likeness (QED) is 0.1000. The molecule has 0 bridgehead atoms. The average molecular weight is 777 g/mol. The number of benzene rings is 4. The number of hydrogen-bond acceptors (Lipinski definition) is 8. The topological polar surface area (TPSA) is 172 Å². The van der Waals surface area contributed by atoms with Crippen molar-refractivity contribution in [3.05, 3.63) is 144 Å². The van der Waals surface area contributed by atoms with Gasteiger partial charge in [-0.15, -0.1) is 0 Å². The zero-order valence-corrected chi connectivity index (χ0v) is 31.7. The third-order valence-corrected chi connectivity index (χ3v) is 9.65. The molecule has 13 heteroatoms. The number of unbranched alkanes of at least 4 members (excludes halogenated alkanes) is 1. The van der Waals surface area contributed by atoms with Crippen LogP contribution >= 0.6 is 0 Å². The van der Waals surface area contributed by atoms with Crippen LogP contribution in [0.4, 0.5) is 9.59 Å². The molecule has 1 aliphatic rings. The number of likely N-dealkylation sites (tertiary alicyclic amines) is 1. The van der Waals surface area contributed by atoms with E-state index in [-0.39, 0.29) is 45.6 Å². The number of hydrogen-bond donors (Lipinski definition) is 3. The second-order valence-electron chi connectivity index (χ2n) is 13.7. The molecule has 298 valence electrons. The van der Waals surface area contributed by atoms with Crippen LogP contribution in [-0.2, 0) is 43.5 Å². The lowest BCUT2D eigenvalue weighted by Gasteiger charge is -2.34. The Bertz CT molecular complexity index is 1930. The SMILES string of the molecule is O=C(NCCCC[C@@H](C(=O)N1CCC[C@H]1C(=O)O)N(CC(=O)C(Cc1ccccc1)NC(=O)c1ccccc1)C(=O)OCc1ccccc1)OCc1ccccc1. The Morgan fingerprint density at radius 1 is 0.737 bits per heavy atom. The Balaban J connectivity index is 1.38. The Morgan fingerprint density at radius 2 is 1.30 bits per heavy atom. The maximum Gasteiger partial charge on any atom is 0.411 e. The van der Waals surface area contributed by atoms with Crippen LogP contribution in [0.25, 0.3) is 0 Å². The van der Waals surface area contributed by atoms with E-state index >= 15 is 0 Å². The molecule has 4 aromatic carbocycles. The molecule has 1 aliphatic heterocycles. The van der Waals surface area contributed by atoms with Gasteiger partial charge >= 0.3 is 18.2 Å². The van der Waals surface area contributed by atoms with Crippen LogP contribution < -0.4 is 10.6 Å².